The van der Waals surface area contributed by atoms with Crippen LogP contribution >= 0.6 is 23.1 Å². The van der Waals surface area contributed by atoms with E-state index in [4.69, 9.17) is 14.9 Å². The molecule has 3 rings (SSSR count). The Morgan fingerprint density at radius 1 is 1.33 bits per heavy atom. The number of anilines is 1. The average molecular weight is 407 g/mol. The molecule has 0 radical (unpaired) electrons. The summed E-state index contributed by atoms with van der Waals surface area (Å²) in [5.74, 6) is 0.230. The molecule has 0 saturated heterocycles. The van der Waals surface area contributed by atoms with Gasteiger partial charge in [0.25, 0.3) is 11.9 Å². The lowest BCUT2D eigenvalue weighted by molar-refractivity contribution is -0.118. The van der Waals surface area contributed by atoms with E-state index in [9.17, 15) is 9.18 Å². The topological polar surface area (TPSA) is 116 Å². The highest BCUT2D eigenvalue weighted by molar-refractivity contribution is 8.01. The minimum atomic E-state index is -0.303. The number of nitrogens with one attached hydrogen (secondary N) is 1. The van der Waals surface area contributed by atoms with Gasteiger partial charge in [0.05, 0.1) is 12.0 Å². The first-order chi connectivity index (χ1) is 13.1. The van der Waals surface area contributed by atoms with Crippen molar-refractivity contribution in [1.82, 2.24) is 15.6 Å². The van der Waals surface area contributed by atoms with Gasteiger partial charge in [-0.2, -0.15) is 5.10 Å². The molecular formula is C16H14FN5O3S2. The second-order valence-electron chi connectivity index (χ2n) is 5.06. The Morgan fingerprint density at radius 3 is 2.89 bits per heavy atom. The Bertz CT molecular complexity index is 926. The summed E-state index contributed by atoms with van der Waals surface area (Å²) in [6.07, 6.45) is 1.36. The molecule has 0 bridgehead atoms. The zero-order valence-electron chi connectivity index (χ0n) is 13.8. The molecule has 2 heterocycles. The van der Waals surface area contributed by atoms with E-state index in [0.717, 1.165) is 5.56 Å². The standard InChI is InChI=1S/C16H14FN5O3S2/c17-11-3-1-10(2-4-11)8-24-14-6-5-12(25-14)7-19-20-13(23)9-26-16-22-21-15(18)27-16/h1-7H,8-9H2,(H2,18,21)(H,20,23)/b19-7+. The van der Waals surface area contributed by atoms with Crippen LogP contribution in [-0.2, 0) is 11.4 Å². The van der Waals surface area contributed by atoms with E-state index in [-0.39, 0.29) is 30.0 Å². The third-order valence-electron chi connectivity index (χ3n) is 3.03. The quantitative estimate of drug-likeness (QED) is 0.335. The molecule has 2 aromatic heterocycles. The fourth-order valence-corrected chi connectivity index (χ4v) is 3.25. The van der Waals surface area contributed by atoms with Crippen LogP contribution in [0.3, 0.4) is 0 Å². The molecule has 0 unspecified atom stereocenters. The van der Waals surface area contributed by atoms with E-state index >= 15 is 0 Å². The van der Waals surface area contributed by atoms with E-state index in [0.29, 0.717) is 15.2 Å². The Kier molecular flexibility index (Phi) is 6.39. The van der Waals surface area contributed by atoms with Crippen LogP contribution in [0.5, 0.6) is 5.95 Å². The summed E-state index contributed by atoms with van der Waals surface area (Å²) in [6, 6.07) is 9.26. The summed E-state index contributed by atoms with van der Waals surface area (Å²) in [7, 11) is 0. The molecule has 1 aromatic carbocycles. The molecule has 0 aliphatic heterocycles. The van der Waals surface area contributed by atoms with Crippen LogP contribution in [0.2, 0.25) is 0 Å². The van der Waals surface area contributed by atoms with Gasteiger partial charge >= 0.3 is 0 Å². The van der Waals surface area contributed by atoms with E-state index in [1.807, 2.05) is 0 Å². The fraction of sp³-hybridized carbons (Fsp3) is 0.125. The van der Waals surface area contributed by atoms with Gasteiger partial charge in [-0.25, -0.2) is 9.82 Å². The van der Waals surface area contributed by atoms with Crippen molar-refractivity contribution in [3.63, 3.8) is 0 Å². The number of nitrogen functional groups attached to an aromatic ring is 1. The van der Waals surface area contributed by atoms with E-state index < -0.39 is 0 Å². The van der Waals surface area contributed by atoms with Crippen molar-refractivity contribution in [3.05, 3.63) is 53.5 Å². The van der Waals surface area contributed by atoms with Crippen molar-refractivity contribution in [3.8, 4) is 5.95 Å². The van der Waals surface area contributed by atoms with Gasteiger partial charge in [0.1, 0.15) is 12.4 Å². The van der Waals surface area contributed by atoms with Crippen molar-refractivity contribution in [2.75, 3.05) is 11.5 Å². The molecule has 0 saturated carbocycles. The Morgan fingerprint density at radius 2 is 2.15 bits per heavy atom. The molecule has 8 nitrogen and oxygen atoms in total. The lowest BCUT2D eigenvalue weighted by Gasteiger charge is -2.02. The van der Waals surface area contributed by atoms with Crippen molar-refractivity contribution in [1.29, 1.82) is 0 Å². The van der Waals surface area contributed by atoms with Gasteiger partial charge in [-0.15, -0.1) is 10.2 Å². The number of amides is 1. The fourth-order valence-electron chi connectivity index (χ4n) is 1.82. The first kappa shape index (κ1) is 18.9. The Hall–Kier alpha value is -2.92. The predicted molar refractivity (Wildman–Crippen MR) is 100 cm³/mol. The molecule has 3 aromatic rings. The number of hydrogen-bond acceptors (Lipinski definition) is 9. The molecule has 3 N–H and O–H groups in total. The Labute approximate surface area is 161 Å². The SMILES string of the molecule is Nc1nnc(SCC(=O)N/N=C/c2ccc(OCc3ccc(F)cc3)o2)s1. The summed E-state index contributed by atoms with van der Waals surface area (Å²) in [4.78, 5) is 11.7. The van der Waals surface area contributed by atoms with Crippen LogP contribution in [0.1, 0.15) is 11.3 Å². The monoisotopic (exact) mass is 407 g/mol. The molecule has 11 heteroatoms. The largest absolute Gasteiger partial charge is 0.460 e. The number of aromatic nitrogens is 2. The predicted octanol–water partition coefficient (Wildman–Crippen LogP) is 2.67. The van der Waals surface area contributed by atoms with Crippen LogP contribution in [0.25, 0.3) is 0 Å². The van der Waals surface area contributed by atoms with Crippen LogP contribution in [0.4, 0.5) is 9.52 Å². The van der Waals surface area contributed by atoms with Crippen LogP contribution < -0.4 is 15.9 Å². The summed E-state index contributed by atoms with van der Waals surface area (Å²) in [5, 5.41) is 11.6. The normalized spacial score (nSPS) is 11.0. The molecule has 0 spiro atoms. The summed E-state index contributed by atoms with van der Waals surface area (Å²) < 4.78 is 24.3. The van der Waals surface area contributed by atoms with Gasteiger partial charge < -0.3 is 14.9 Å². The van der Waals surface area contributed by atoms with Crippen LogP contribution in [0.15, 0.2) is 50.3 Å². The number of carbonyl (C=O) groups is 1. The first-order valence-electron chi connectivity index (χ1n) is 7.59. The molecule has 140 valence electrons. The van der Waals surface area contributed by atoms with Crippen LogP contribution in [0, 0.1) is 5.82 Å². The second-order valence-corrected chi connectivity index (χ2v) is 7.29. The minimum absolute atomic E-state index is 0.135. The van der Waals surface area contributed by atoms with Gasteiger partial charge in [0.2, 0.25) is 5.13 Å². The maximum absolute atomic E-state index is 12.8. The second kappa shape index (κ2) is 9.14. The third kappa shape index (κ3) is 6.08. The highest BCUT2D eigenvalue weighted by Gasteiger charge is 2.06. The number of hydrogen-bond donors (Lipinski definition) is 2. The maximum atomic E-state index is 12.8. The number of ether oxygens (including phenoxy) is 1. The zero-order valence-corrected chi connectivity index (χ0v) is 15.4. The molecule has 27 heavy (non-hydrogen) atoms. The zero-order chi connectivity index (χ0) is 19.1. The van der Waals surface area contributed by atoms with Gasteiger partial charge in [-0.1, -0.05) is 35.2 Å². The van der Waals surface area contributed by atoms with Crippen molar-refractivity contribution >= 4 is 40.4 Å². The van der Waals surface area contributed by atoms with Gasteiger partial charge in [0, 0.05) is 6.07 Å². The molecular weight excluding hydrogens is 393 g/mol. The van der Waals surface area contributed by atoms with E-state index in [1.165, 1.54) is 41.4 Å². The number of nitrogens with zero attached hydrogens (tertiary/aromatic N) is 3. The van der Waals surface area contributed by atoms with Crippen molar-refractivity contribution in [2.24, 2.45) is 5.10 Å². The number of furan rings is 1. The molecule has 0 aliphatic carbocycles. The average Bonchev–Trinajstić information content (AvgIpc) is 3.28. The minimum Gasteiger partial charge on any atom is -0.460 e. The molecule has 0 aliphatic rings. The number of benzene rings is 1. The number of carbonyl (C=O) groups excluding carboxylic acids is 1. The van der Waals surface area contributed by atoms with Crippen molar-refractivity contribution in [2.45, 2.75) is 10.9 Å². The highest BCUT2D eigenvalue weighted by atomic mass is 32.2. The smallest absolute Gasteiger partial charge is 0.285 e. The number of halogens is 1. The molecule has 1 amide bonds. The van der Waals surface area contributed by atoms with E-state index in [2.05, 4.69) is 20.7 Å². The Balaban J connectivity index is 1.41. The van der Waals surface area contributed by atoms with Gasteiger partial charge in [-0.3, -0.25) is 4.79 Å². The summed E-state index contributed by atoms with van der Waals surface area (Å²) in [5.41, 5.74) is 8.65. The molecule has 0 atom stereocenters. The van der Waals surface area contributed by atoms with Crippen molar-refractivity contribution < 1.29 is 18.3 Å². The number of hydrazone groups is 1. The lowest BCUT2D eigenvalue weighted by atomic mass is 10.2. The third-order valence-corrected chi connectivity index (χ3v) is 4.91. The number of thioether (sulfide) groups is 1. The van der Waals surface area contributed by atoms with Crippen LogP contribution in [-0.4, -0.2) is 28.1 Å². The maximum Gasteiger partial charge on any atom is 0.285 e. The van der Waals surface area contributed by atoms with E-state index in [1.54, 1.807) is 24.3 Å². The lowest BCUT2D eigenvalue weighted by Crippen LogP contribution is -2.19. The molecule has 0 fully saturated rings. The number of rotatable bonds is 8. The van der Waals surface area contributed by atoms with Gasteiger partial charge in [0.15, 0.2) is 10.1 Å². The first-order valence-corrected chi connectivity index (χ1v) is 9.39. The van der Waals surface area contributed by atoms with Gasteiger partial charge in [-0.05, 0) is 23.8 Å². The summed E-state index contributed by atoms with van der Waals surface area (Å²) in [6.45, 7) is 0.245. The number of nitrogens with two attached hydrogens (primary N) is 1. The summed E-state index contributed by atoms with van der Waals surface area (Å²) >= 11 is 2.43. The highest BCUT2D eigenvalue weighted by Crippen LogP contribution is 2.23.